The lowest BCUT2D eigenvalue weighted by Gasteiger charge is -2.26. The van der Waals surface area contributed by atoms with Gasteiger partial charge in [0, 0.05) is 12.0 Å². The average molecular weight is 286 g/mol. The number of phenolic OH excluding ortho intramolecular Hbond substituents is 2. The molecule has 0 saturated heterocycles. The first-order chi connectivity index (χ1) is 10.2. The zero-order chi connectivity index (χ0) is 14.8. The summed E-state index contributed by atoms with van der Waals surface area (Å²) in [4.78, 5) is 0. The number of hydrogen-bond acceptors (Lipinski definition) is 4. The van der Waals surface area contributed by atoms with Gasteiger partial charge in [0.1, 0.15) is 11.5 Å². The molecule has 3 rings (SSSR count). The van der Waals surface area contributed by atoms with Crippen LogP contribution in [0.15, 0.2) is 36.4 Å². The fourth-order valence-electron chi connectivity index (χ4n) is 2.72. The Morgan fingerprint density at radius 3 is 2.67 bits per heavy atom. The van der Waals surface area contributed by atoms with Crippen molar-refractivity contribution in [2.24, 2.45) is 5.92 Å². The highest BCUT2D eigenvalue weighted by Crippen LogP contribution is 2.37. The molecular weight excluding hydrogens is 268 g/mol. The first-order valence-corrected chi connectivity index (χ1v) is 6.96. The van der Waals surface area contributed by atoms with E-state index >= 15 is 0 Å². The van der Waals surface area contributed by atoms with Gasteiger partial charge in [-0.25, -0.2) is 0 Å². The molecule has 4 nitrogen and oxygen atoms in total. The number of ether oxygens (including phenoxy) is 2. The molecule has 0 amide bonds. The van der Waals surface area contributed by atoms with Crippen molar-refractivity contribution in [3.05, 3.63) is 47.5 Å². The van der Waals surface area contributed by atoms with Crippen LogP contribution in [0.5, 0.6) is 23.0 Å². The van der Waals surface area contributed by atoms with Crippen LogP contribution in [0.25, 0.3) is 0 Å². The molecule has 0 bridgehead atoms. The van der Waals surface area contributed by atoms with E-state index in [1.165, 1.54) is 12.7 Å². The van der Waals surface area contributed by atoms with Gasteiger partial charge in [0.15, 0.2) is 11.5 Å². The minimum atomic E-state index is 0.144. The van der Waals surface area contributed by atoms with Crippen molar-refractivity contribution in [1.82, 2.24) is 0 Å². The van der Waals surface area contributed by atoms with Crippen LogP contribution in [-0.2, 0) is 12.8 Å². The standard InChI is InChI=1S/C17H18O4/c1-20-17-9-16-13(8-15(17)19)7-12(10-21-16)6-11-2-4-14(18)5-3-11/h2-5,8-9,12,18-19H,6-7,10H2,1H3/t12-/m0/s1. The largest absolute Gasteiger partial charge is 0.508 e. The maximum Gasteiger partial charge on any atom is 0.164 e. The zero-order valence-electron chi connectivity index (χ0n) is 11.9. The van der Waals surface area contributed by atoms with Gasteiger partial charge in [-0.2, -0.15) is 0 Å². The molecule has 1 aliphatic rings. The van der Waals surface area contributed by atoms with E-state index in [1.807, 2.05) is 12.1 Å². The molecule has 2 N–H and O–H groups in total. The molecule has 0 aliphatic carbocycles. The van der Waals surface area contributed by atoms with Crippen LogP contribution in [0.3, 0.4) is 0 Å². The van der Waals surface area contributed by atoms with Crippen LogP contribution in [0.4, 0.5) is 0 Å². The number of phenols is 2. The van der Waals surface area contributed by atoms with Gasteiger partial charge in [-0.1, -0.05) is 12.1 Å². The molecular formula is C17H18O4. The fraction of sp³-hybridized carbons (Fsp3) is 0.294. The van der Waals surface area contributed by atoms with Crippen LogP contribution >= 0.6 is 0 Å². The summed E-state index contributed by atoms with van der Waals surface area (Å²) in [5.41, 5.74) is 2.17. The van der Waals surface area contributed by atoms with Crippen LogP contribution < -0.4 is 9.47 Å². The van der Waals surface area contributed by atoms with Crippen LogP contribution in [0, 0.1) is 5.92 Å². The Labute approximate surface area is 123 Å². The third-order valence-electron chi connectivity index (χ3n) is 3.81. The number of methoxy groups -OCH3 is 1. The van der Waals surface area contributed by atoms with Gasteiger partial charge in [0.05, 0.1) is 13.7 Å². The molecule has 1 aliphatic heterocycles. The van der Waals surface area contributed by atoms with Gasteiger partial charge in [-0.05, 0) is 42.2 Å². The summed E-state index contributed by atoms with van der Waals surface area (Å²) in [7, 11) is 1.53. The van der Waals surface area contributed by atoms with Crippen molar-refractivity contribution in [3.63, 3.8) is 0 Å². The monoisotopic (exact) mass is 286 g/mol. The highest BCUT2D eigenvalue weighted by atomic mass is 16.5. The SMILES string of the molecule is COc1cc2c(cc1O)C[C@H](Cc1ccc(O)cc1)CO2. The summed E-state index contributed by atoms with van der Waals surface area (Å²) in [6.45, 7) is 0.641. The molecule has 0 radical (unpaired) electrons. The van der Waals surface area contributed by atoms with Gasteiger partial charge in [0.2, 0.25) is 0 Å². The van der Waals surface area contributed by atoms with Crippen molar-refractivity contribution in [2.45, 2.75) is 12.8 Å². The second-order valence-electron chi connectivity index (χ2n) is 5.38. The lowest BCUT2D eigenvalue weighted by atomic mass is 9.91. The third kappa shape index (κ3) is 2.89. The summed E-state index contributed by atoms with van der Waals surface area (Å²) >= 11 is 0. The molecule has 21 heavy (non-hydrogen) atoms. The van der Waals surface area contributed by atoms with Gasteiger partial charge in [-0.3, -0.25) is 0 Å². The molecule has 1 heterocycles. The Kier molecular flexibility index (Phi) is 3.60. The fourth-order valence-corrected chi connectivity index (χ4v) is 2.72. The molecule has 0 fully saturated rings. The predicted octanol–water partition coefficient (Wildman–Crippen LogP) is 2.90. The van der Waals surface area contributed by atoms with E-state index in [0.29, 0.717) is 18.3 Å². The Bertz CT molecular complexity index is 634. The minimum Gasteiger partial charge on any atom is -0.508 e. The van der Waals surface area contributed by atoms with E-state index in [4.69, 9.17) is 9.47 Å². The van der Waals surface area contributed by atoms with Crippen molar-refractivity contribution in [1.29, 1.82) is 0 Å². The maximum atomic E-state index is 9.86. The van der Waals surface area contributed by atoms with Crippen molar-refractivity contribution >= 4 is 0 Å². The number of fused-ring (bicyclic) bond motifs is 1. The lowest BCUT2D eigenvalue weighted by Crippen LogP contribution is -2.22. The van der Waals surface area contributed by atoms with Gasteiger partial charge >= 0.3 is 0 Å². The van der Waals surface area contributed by atoms with Gasteiger partial charge in [-0.15, -0.1) is 0 Å². The van der Waals surface area contributed by atoms with E-state index in [-0.39, 0.29) is 11.5 Å². The molecule has 0 unspecified atom stereocenters. The molecule has 4 heteroatoms. The first-order valence-electron chi connectivity index (χ1n) is 6.96. The molecule has 1 atom stereocenters. The van der Waals surface area contributed by atoms with Gasteiger partial charge in [0.25, 0.3) is 0 Å². The Morgan fingerprint density at radius 1 is 1.19 bits per heavy atom. The van der Waals surface area contributed by atoms with Crippen molar-refractivity contribution < 1.29 is 19.7 Å². The average Bonchev–Trinajstić information content (AvgIpc) is 2.49. The molecule has 0 spiro atoms. The minimum absolute atomic E-state index is 0.144. The second kappa shape index (κ2) is 5.56. The topological polar surface area (TPSA) is 58.9 Å². The van der Waals surface area contributed by atoms with E-state index < -0.39 is 0 Å². The smallest absolute Gasteiger partial charge is 0.164 e. The van der Waals surface area contributed by atoms with Gasteiger partial charge < -0.3 is 19.7 Å². The van der Waals surface area contributed by atoms with E-state index in [2.05, 4.69) is 0 Å². The van der Waals surface area contributed by atoms with Crippen molar-refractivity contribution in [2.75, 3.05) is 13.7 Å². The zero-order valence-corrected chi connectivity index (χ0v) is 11.9. The Balaban J connectivity index is 1.75. The molecule has 2 aromatic rings. The number of benzene rings is 2. The number of hydrogen-bond donors (Lipinski definition) is 2. The third-order valence-corrected chi connectivity index (χ3v) is 3.81. The second-order valence-corrected chi connectivity index (χ2v) is 5.38. The summed E-state index contributed by atoms with van der Waals surface area (Å²) in [6.07, 6.45) is 1.74. The summed E-state index contributed by atoms with van der Waals surface area (Å²) in [5, 5.41) is 19.2. The van der Waals surface area contributed by atoms with E-state index in [9.17, 15) is 10.2 Å². The molecule has 2 aromatic carbocycles. The van der Waals surface area contributed by atoms with E-state index in [1.54, 1.807) is 24.3 Å². The highest BCUT2D eigenvalue weighted by Gasteiger charge is 2.22. The Morgan fingerprint density at radius 2 is 1.95 bits per heavy atom. The molecule has 110 valence electrons. The predicted molar refractivity (Wildman–Crippen MR) is 79.2 cm³/mol. The molecule has 0 aromatic heterocycles. The summed E-state index contributed by atoms with van der Waals surface area (Å²) in [5.74, 6) is 2.00. The van der Waals surface area contributed by atoms with Crippen LogP contribution in [-0.4, -0.2) is 23.9 Å². The van der Waals surface area contributed by atoms with Crippen LogP contribution in [0.2, 0.25) is 0 Å². The Hall–Kier alpha value is -2.36. The highest BCUT2D eigenvalue weighted by molar-refractivity contribution is 5.50. The summed E-state index contributed by atoms with van der Waals surface area (Å²) in [6, 6.07) is 10.7. The van der Waals surface area contributed by atoms with Crippen LogP contribution in [0.1, 0.15) is 11.1 Å². The maximum absolute atomic E-state index is 9.86. The summed E-state index contributed by atoms with van der Waals surface area (Å²) < 4.78 is 10.9. The first kappa shape index (κ1) is 13.6. The quantitative estimate of drug-likeness (QED) is 0.911. The normalized spacial score (nSPS) is 16.9. The van der Waals surface area contributed by atoms with E-state index in [0.717, 1.165) is 24.2 Å². The number of aromatic hydroxyl groups is 2. The lowest BCUT2D eigenvalue weighted by molar-refractivity contribution is 0.219. The molecule has 0 saturated carbocycles. The van der Waals surface area contributed by atoms with Crippen molar-refractivity contribution in [3.8, 4) is 23.0 Å². The number of rotatable bonds is 3.